The summed E-state index contributed by atoms with van der Waals surface area (Å²) in [5, 5.41) is 3.45. The van der Waals surface area contributed by atoms with Crippen molar-refractivity contribution in [3.8, 4) is 0 Å². The van der Waals surface area contributed by atoms with E-state index in [0.29, 0.717) is 6.04 Å². The average Bonchev–Trinajstić information content (AvgIpc) is 2.67. The van der Waals surface area contributed by atoms with Crippen molar-refractivity contribution in [3.63, 3.8) is 0 Å². The maximum absolute atomic E-state index is 4.49. The van der Waals surface area contributed by atoms with Gasteiger partial charge in [0, 0.05) is 19.4 Å². The fourth-order valence-corrected chi connectivity index (χ4v) is 3.04. The van der Waals surface area contributed by atoms with Crippen LogP contribution in [0.5, 0.6) is 0 Å². The molecule has 1 aromatic heterocycles. The number of aromatic nitrogens is 2. The summed E-state index contributed by atoms with van der Waals surface area (Å²) in [6.07, 6.45) is 9.36. The van der Waals surface area contributed by atoms with Crippen LogP contribution < -0.4 is 5.32 Å². The van der Waals surface area contributed by atoms with Crippen LogP contribution in [0.4, 0.5) is 0 Å². The smallest absolute Gasteiger partial charge is 0.125 e. The van der Waals surface area contributed by atoms with Gasteiger partial charge < -0.3 is 9.88 Å². The zero-order valence-electron chi connectivity index (χ0n) is 10.6. The van der Waals surface area contributed by atoms with Gasteiger partial charge in [0.05, 0.1) is 6.04 Å². The van der Waals surface area contributed by atoms with Crippen LogP contribution in [-0.2, 0) is 7.05 Å². The van der Waals surface area contributed by atoms with Gasteiger partial charge in [-0.05, 0) is 31.7 Å². The van der Waals surface area contributed by atoms with E-state index in [1.54, 1.807) is 0 Å². The Balaban J connectivity index is 2.13. The van der Waals surface area contributed by atoms with Gasteiger partial charge in [0.1, 0.15) is 5.82 Å². The summed E-state index contributed by atoms with van der Waals surface area (Å²) in [7, 11) is 4.14. The van der Waals surface area contributed by atoms with Crippen molar-refractivity contribution >= 4 is 0 Å². The van der Waals surface area contributed by atoms with Gasteiger partial charge in [0.2, 0.25) is 0 Å². The van der Waals surface area contributed by atoms with Crippen LogP contribution in [0.25, 0.3) is 0 Å². The summed E-state index contributed by atoms with van der Waals surface area (Å²) in [5.74, 6) is 2.80. The van der Waals surface area contributed by atoms with Crippen LogP contribution in [0.1, 0.15) is 44.5 Å². The van der Waals surface area contributed by atoms with Crippen LogP contribution in [0.15, 0.2) is 12.4 Å². The van der Waals surface area contributed by atoms with E-state index >= 15 is 0 Å². The third kappa shape index (κ3) is 2.29. The van der Waals surface area contributed by atoms with E-state index in [2.05, 4.69) is 35.9 Å². The molecule has 0 aliphatic heterocycles. The van der Waals surface area contributed by atoms with Gasteiger partial charge in [0.15, 0.2) is 0 Å². The molecular formula is C13H23N3. The van der Waals surface area contributed by atoms with Gasteiger partial charge in [0.25, 0.3) is 0 Å². The van der Waals surface area contributed by atoms with Gasteiger partial charge in [-0.15, -0.1) is 0 Å². The Morgan fingerprint density at radius 3 is 2.88 bits per heavy atom. The number of rotatable bonds is 3. The van der Waals surface area contributed by atoms with Crippen LogP contribution in [0, 0.1) is 11.8 Å². The third-order valence-electron chi connectivity index (χ3n) is 3.90. The first kappa shape index (κ1) is 11.6. The lowest BCUT2D eigenvalue weighted by atomic mass is 9.78. The summed E-state index contributed by atoms with van der Waals surface area (Å²) < 4.78 is 2.14. The van der Waals surface area contributed by atoms with Crippen molar-refractivity contribution in [2.45, 2.75) is 38.6 Å². The summed E-state index contributed by atoms with van der Waals surface area (Å²) in [6.45, 7) is 2.37. The van der Waals surface area contributed by atoms with E-state index in [4.69, 9.17) is 0 Å². The second-order valence-electron chi connectivity index (χ2n) is 5.19. The predicted octanol–water partition coefficient (Wildman–Crippen LogP) is 2.51. The highest BCUT2D eigenvalue weighted by Crippen LogP contribution is 2.36. The largest absolute Gasteiger partial charge is 0.337 e. The molecule has 1 heterocycles. The number of hydrogen-bond acceptors (Lipinski definition) is 2. The van der Waals surface area contributed by atoms with Gasteiger partial charge in [-0.2, -0.15) is 0 Å². The quantitative estimate of drug-likeness (QED) is 0.850. The minimum atomic E-state index is 0.419. The monoisotopic (exact) mass is 221 g/mol. The van der Waals surface area contributed by atoms with Gasteiger partial charge in [-0.1, -0.05) is 19.8 Å². The molecule has 0 aromatic carbocycles. The van der Waals surface area contributed by atoms with E-state index in [1.165, 1.54) is 31.5 Å². The second-order valence-corrected chi connectivity index (χ2v) is 5.19. The molecule has 0 saturated heterocycles. The van der Waals surface area contributed by atoms with Crippen molar-refractivity contribution in [1.82, 2.24) is 14.9 Å². The SMILES string of the molecule is CNC(c1nccn1C)C1CCCC(C)C1. The Kier molecular flexibility index (Phi) is 3.64. The molecule has 1 fully saturated rings. The van der Waals surface area contributed by atoms with Gasteiger partial charge in [-0.25, -0.2) is 4.98 Å². The topological polar surface area (TPSA) is 29.9 Å². The predicted molar refractivity (Wildman–Crippen MR) is 66.1 cm³/mol. The van der Waals surface area contributed by atoms with E-state index in [1.807, 2.05) is 12.4 Å². The Bertz CT molecular complexity index is 332. The zero-order valence-corrected chi connectivity index (χ0v) is 10.6. The summed E-state index contributed by atoms with van der Waals surface area (Å²) in [6, 6.07) is 0.419. The zero-order chi connectivity index (χ0) is 11.5. The first-order chi connectivity index (χ1) is 7.72. The highest BCUT2D eigenvalue weighted by Gasteiger charge is 2.28. The highest BCUT2D eigenvalue weighted by molar-refractivity contribution is 5.01. The molecule has 0 bridgehead atoms. The van der Waals surface area contributed by atoms with Crippen molar-refractivity contribution in [2.75, 3.05) is 7.05 Å². The average molecular weight is 221 g/mol. The molecular weight excluding hydrogens is 198 g/mol. The molecule has 1 aliphatic rings. The second kappa shape index (κ2) is 5.00. The molecule has 90 valence electrons. The van der Waals surface area contributed by atoms with Crippen LogP contribution in [0.2, 0.25) is 0 Å². The molecule has 16 heavy (non-hydrogen) atoms. The Hall–Kier alpha value is -0.830. The number of hydrogen-bond donors (Lipinski definition) is 1. The molecule has 1 aromatic rings. The number of imidazole rings is 1. The molecule has 3 heteroatoms. The van der Waals surface area contributed by atoms with E-state index in [-0.39, 0.29) is 0 Å². The molecule has 3 atom stereocenters. The first-order valence-electron chi connectivity index (χ1n) is 6.37. The normalized spacial score (nSPS) is 27.9. The molecule has 1 saturated carbocycles. The van der Waals surface area contributed by atoms with Crippen molar-refractivity contribution in [3.05, 3.63) is 18.2 Å². The molecule has 1 N–H and O–H groups in total. The molecule has 0 radical (unpaired) electrons. The molecule has 3 unspecified atom stereocenters. The van der Waals surface area contributed by atoms with Crippen molar-refractivity contribution in [2.24, 2.45) is 18.9 Å². The fourth-order valence-electron chi connectivity index (χ4n) is 3.04. The lowest BCUT2D eigenvalue weighted by Crippen LogP contribution is -2.30. The van der Waals surface area contributed by atoms with Gasteiger partial charge >= 0.3 is 0 Å². The van der Waals surface area contributed by atoms with E-state index < -0.39 is 0 Å². The van der Waals surface area contributed by atoms with Crippen LogP contribution in [-0.4, -0.2) is 16.6 Å². The number of nitrogens with one attached hydrogen (secondary N) is 1. The number of nitrogens with zero attached hydrogens (tertiary/aromatic N) is 2. The molecule has 0 spiro atoms. The summed E-state index contributed by atoms with van der Waals surface area (Å²) >= 11 is 0. The van der Waals surface area contributed by atoms with Crippen LogP contribution in [0.3, 0.4) is 0 Å². The molecule has 0 amide bonds. The molecule has 1 aliphatic carbocycles. The van der Waals surface area contributed by atoms with Crippen molar-refractivity contribution in [1.29, 1.82) is 0 Å². The van der Waals surface area contributed by atoms with Crippen LogP contribution >= 0.6 is 0 Å². The highest BCUT2D eigenvalue weighted by atomic mass is 15.1. The van der Waals surface area contributed by atoms with E-state index in [9.17, 15) is 0 Å². The lowest BCUT2D eigenvalue weighted by molar-refractivity contribution is 0.222. The fraction of sp³-hybridized carbons (Fsp3) is 0.769. The Morgan fingerprint density at radius 2 is 2.31 bits per heavy atom. The minimum absolute atomic E-state index is 0.419. The number of aryl methyl sites for hydroxylation is 1. The Labute approximate surface area is 98.3 Å². The summed E-state index contributed by atoms with van der Waals surface area (Å²) in [5.41, 5.74) is 0. The maximum Gasteiger partial charge on any atom is 0.125 e. The minimum Gasteiger partial charge on any atom is -0.337 e. The first-order valence-corrected chi connectivity index (χ1v) is 6.37. The lowest BCUT2D eigenvalue weighted by Gasteiger charge is -2.32. The maximum atomic E-state index is 4.49. The van der Waals surface area contributed by atoms with Crippen molar-refractivity contribution < 1.29 is 0 Å². The Morgan fingerprint density at radius 1 is 1.50 bits per heavy atom. The van der Waals surface area contributed by atoms with E-state index in [0.717, 1.165) is 11.8 Å². The summed E-state index contributed by atoms with van der Waals surface area (Å²) in [4.78, 5) is 4.49. The van der Waals surface area contributed by atoms with Gasteiger partial charge in [-0.3, -0.25) is 0 Å². The molecule has 3 nitrogen and oxygen atoms in total. The molecule has 2 rings (SSSR count). The third-order valence-corrected chi connectivity index (χ3v) is 3.90. The standard InChI is InChI=1S/C13H23N3/c1-10-5-4-6-11(9-10)12(14-2)13-15-7-8-16(13)3/h7-8,10-12,14H,4-6,9H2,1-3H3.